The molecule has 0 aromatic rings. The van der Waals surface area contributed by atoms with E-state index in [2.05, 4.69) is 0 Å². The maximum Gasteiger partial charge on any atom is 0 e. The number of hydrogen-bond donors (Lipinski definition) is 2. The van der Waals surface area contributed by atoms with Gasteiger partial charge in [-0.2, -0.15) is 0 Å². The van der Waals surface area contributed by atoms with Gasteiger partial charge in [0.1, 0.15) is 0 Å². The number of aliphatic hydroxyl groups is 2. The van der Waals surface area contributed by atoms with Gasteiger partial charge in [0.05, 0.1) is 0 Å². The summed E-state index contributed by atoms with van der Waals surface area (Å²) in [7, 11) is 0. The van der Waals surface area contributed by atoms with Crippen molar-refractivity contribution in [2.75, 3.05) is 6.61 Å². The second-order valence-corrected chi connectivity index (χ2v) is 3.17. The molecule has 1 atom stereocenters. The van der Waals surface area contributed by atoms with Crippen molar-refractivity contribution in [2.45, 2.75) is 2.51 Å². The van der Waals surface area contributed by atoms with E-state index in [1.165, 1.54) is 0 Å². The van der Waals surface area contributed by atoms with Crippen LogP contribution in [0.25, 0.3) is 0 Å². The topological polar surface area (TPSA) is 40.5 Å². The van der Waals surface area contributed by atoms with Gasteiger partial charge in [-0.3, -0.25) is 0 Å². The molecule has 0 aromatic heterocycles. The maximum atomic E-state index is 8.19. The van der Waals surface area contributed by atoms with Gasteiger partial charge >= 0.3 is 53.1 Å². The van der Waals surface area contributed by atoms with Gasteiger partial charge in [0.25, 0.3) is 0 Å². The Kier molecular flexibility index (Phi) is 12.2. The fraction of sp³-hybridized carbons (Fsp3) is 1.00. The zero-order valence-electron chi connectivity index (χ0n) is 3.16. The molecule has 1 unspecified atom stereocenters. The van der Waals surface area contributed by atoms with E-state index in [1.807, 2.05) is 0 Å². The van der Waals surface area contributed by atoms with E-state index in [9.17, 15) is 0 Å². The summed E-state index contributed by atoms with van der Waals surface area (Å²) in [6.45, 7) is -0.0648. The van der Waals surface area contributed by atoms with Gasteiger partial charge in [0, 0.05) is 21.1 Å². The molecule has 0 saturated carbocycles. The zero-order chi connectivity index (χ0) is 4.28. The Hall–Kier alpha value is 1.80. The van der Waals surface area contributed by atoms with E-state index in [0.29, 0.717) is 33.7 Å². The van der Waals surface area contributed by atoms with Crippen molar-refractivity contribution in [3.05, 3.63) is 0 Å². The molecule has 0 heterocycles. The third-order valence-electron chi connectivity index (χ3n) is 0.187. The average Bonchev–Trinajstić information content (AvgIpc) is 1.38. The number of aliphatic hydroxyl groups excluding tert-OH is 2. The van der Waals surface area contributed by atoms with Crippen molar-refractivity contribution in [2.24, 2.45) is 0 Å². The molecule has 0 aliphatic heterocycles. The molecule has 0 spiro atoms. The van der Waals surface area contributed by atoms with Crippen molar-refractivity contribution < 1.29 is 65.0 Å². The number of rotatable bonds is 1. The average molecular weight is 296 g/mol. The second kappa shape index (κ2) is 6.80. The molecule has 0 aliphatic carbocycles. The van der Waals surface area contributed by atoms with Crippen LogP contribution in [0.2, 0.25) is 0 Å². The normalized spacial score (nSPS) is 12.2. The first-order chi connectivity index (χ1) is 2.27. The fourth-order valence-corrected chi connectivity index (χ4v) is 0. The predicted octanol–water partition coefficient (Wildman–Crippen LogP) is -1.16. The molecule has 0 amide bonds. The summed E-state index contributed by atoms with van der Waals surface area (Å²) in [5.41, 5.74) is 0. The molecule has 4 heteroatoms. The van der Waals surface area contributed by atoms with E-state index in [4.69, 9.17) is 10.2 Å². The second-order valence-electron chi connectivity index (χ2n) is 0.750. The van der Waals surface area contributed by atoms with Crippen molar-refractivity contribution in [3.8, 4) is 0 Å². The smallest absolute Gasteiger partial charge is 0 e. The van der Waals surface area contributed by atoms with E-state index < -0.39 is 2.51 Å². The molecule has 0 rings (SSSR count). The Morgan fingerprint density at radius 2 is 1.83 bits per heavy atom. The summed E-state index contributed by atoms with van der Waals surface area (Å²) in [5.74, 6) is 0. The molecule has 2 N–H and O–H groups in total. The van der Waals surface area contributed by atoms with Crippen LogP contribution in [0.5, 0.6) is 0 Å². The third-order valence-corrected chi connectivity index (χ3v) is 0.849. The predicted molar refractivity (Wildman–Crippen MR) is 13.1 cm³/mol. The van der Waals surface area contributed by atoms with Crippen LogP contribution < -0.4 is 0 Å². The van der Waals surface area contributed by atoms with Gasteiger partial charge in [0.2, 0.25) is 0 Å². The van der Waals surface area contributed by atoms with Gasteiger partial charge in [-0.15, -0.1) is 0 Å². The van der Waals surface area contributed by atoms with Crippen molar-refractivity contribution in [1.29, 1.82) is 0 Å². The summed E-state index contributed by atoms with van der Waals surface area (Å²) in [5, 5.41) is 16.1. The molecule has 0 aromatic carbocycles. The standard InChI is InChI=1S/C2H5O2.La.Mo/c3-1-2-4;;/h1,3-4H,2H2;;. The Bertz CT molecular complexity index is 25.5. The molecule has 34 valence electrons. The van der Waals surface area contributed by atoms with E-state index >= 15 is 0 Å². The van der Waals surface area contributed by atoms with E-state index in [1.54, 1.807) is 0 Å². The van der Waals surface area contributed by atoms with Crippen molar-refractivity contribution in [1.82, 2.24) is 0 Å². The monoisotopic (exact) mass is 298 g/mol. The van der Waals surface area contributed by atoms with Crippen LogP contribution in [-0.4, -0.2) is 19.3 Å². The summed E-state index contributed by atoms with van der Waals surface area (Å²) in [6, 6.07) is 0. The van der Waals surface area contributed by atoms with Gasteiger partial charge in [-0.1, -0.05) is 0 Å². The van der Waals surface area contributed by atoms with E-state index in [0.717, 1.165) is 0 Å². The van der Waals surface area contributed by atoms with Crippen molar-refractivity contribution in [3.63, 3.8) is 0 Å². The first-order valence-electron chi connectivity index (χ1n) is 1.32. The maximum absolute atomic E-state index is 8.19. The Balaban J connectivity index is 0. The molecule has 0 saturated heterocycles. The summed E-state index contributed by atoms with van der Waals surface area (Å²) in [4.78, 5) is 0. The first kappa shape index (κ1) is 10.7. The number of hydrogen-bond acceptors (Lipinski definition) is 2. The molecular formula is C2H5LaMoO2. The summed E-state index contributed by atoms with van der Waals surface area (Å²) >= 11 is 0.505. The van der Waals surface area contributed by atoms with Gasteiger partial charge < -0.3 is 0 Å². The zero-order valence-corrected chi connectivity index (χ0v) is 8.80. The van der Waals surface area contributed by atoms with Crippen LogP contribution in [0, 0.1) is 33.7 Å². The quantitative estimate of drug-likeness (QED) is 0.600. The van der Waals surface area contributed by atoms with Gasteiger partial charge in [0.15, 0.2) is 0 Å². The molecule has 2 nitrogen and oxygen atoms in total. The van der Waals surface area contributed by atoms with E-state index in [-0.39, 0.29) is 27.7 Å². The Labute approximate surface area is 73.2 Å². The SMILES string of the molecule is OC[CH](O)[La].[Mo]. The van der Waals surface area contributed by atoms with Crippen LogP contribution in [0.15, 0.2) is 0 Å². The Morgan fingerprint density at radius 3 is 1.83 bits per heavy atom. The third kappa shape index (κ3) is 9.26. The minimum atomic E-state index is -0.394. The van der Waals surface area contributed by atoms with Crippen LogP contribution in [0.1, 0.15) is 0 Å². The molecule has 0 radical (unpaired) electrons. The van der Waals surface area contributed by atoms with Crippen LogP contribution >= 0.6 is 0 Å². The summed E-state index contributed by atoms with van der Waals surface area (Å²) in [6.07, 6.45) is 0. The van der Waals surface area contributed by atoms with Crippen LogP contribution in [0.3, 0.4) is 0 Å². The van der Waals surface area contributed by atoms with Gasteiger partial charge in [-0.05, 0) is 0 Å². The molecular weight excluding hydrogens is 291 g/mol. The molecule has 0 fully saturated rings. The molecule has 0 bridgehead atoms. The van der Waals surface area contributed by atoms with Crippen LogP contribution in [0.4, 0.5) is 0 Å². The first-order valence-corrected chi connectivity index (χ1v) is 3.41. The fourth-order valence-electron chi connectivity index (χ4n) is 0. The van der Waals surface area contributed by atoms with Gasteiger partial charge in [-0.25, -0.2) is 0 Å². The largest absolute Gasteiger partial charge is 0 e. The minimum Gasteiger partial charge on any atom is 0 e. The summed E-state index contributed by atoms with van der Waals surface area (Å²) < 4.78 is -0.394. The Morgan fingerprint density at radius 1 is 1.67 bits per heavy atom. The molecule has 0 aliphatic rings. The molecule has 6 heavy (non-hydrogen) atoms. The minimum absolute atomic E-state index is 0. The van der Waals surface area contributed by atoms with Crippen LogP contribution in [-0.2, 0) is 21.1 Å². The van der Waals surface area contributed by atoms with Crippen molar-refractivity contribution >= 4 is 0 Å².